The van der Waals surface area contributed by atoms with Crippen LogP contribution in [-0.4, -0.2) is 24.8 Å². The highest BCUT2D eigenvalue weighted by molar-refractivity contribution is 5.66. The molecule has 0 spiro atoms. The van der Waals surface area contributed by atoms with Crippen LogP contribution in [0.4, 0.5) is 0 Å². The Bertz CT molecular complexity index is 136. The van der Waals surface area contributed by atoms with E-state index in [1.165, 1.54) is 6.92 Å². The van der Waals surface area contributed by atoms with Gasteiger partial charge in [0.1, 0.15) is 6.10 Å². The Morgan fingerprint density at radius 3 is 2.73 bits per heavy atom. The molecule has 11 heavy (non-hydrogen) atoms. The molecule has 1 aliphatic heterocycles. The molecule has 0 aromatic carbocycles. The first-order chi connectivity index (χ1) is 5.18. The fourth-order valence-corrected chi connectivity index (χ4v) is 1.19. The normalized spacial score (nSPS) is 31.5. The molecule has 1 rings (SSSR count). The molecule has 0 N–H and O–H groups in total. The Morgan fingerprint density at radius 1 is 1.55 bits per heavy atom. The van der Waals surface area contributed by atoms with Gasteiger partial charge in [0.2, 0.25) is 0 Å². The lowest BCUT2D eigenvalue weighted by Gasteiger charge is -2.26. The van der Waals surface area contributed by atoms with Crippen molar-refractivity contribution in [3.05, 3.63) is 0 Å². The molecule has 1 saturated heterocycles. The van der Waals surface area contributed by atoms with Crippen molar-refractivity contribution in [3.63, 3.8) is 0 Å². The van der Waals surface area contributed by atoms with Gasteiger partial charge >= 0.3 is 5.97 Å². The number of ether oxygens (including phenoxy) is 2. The lowest BCUT2D eigenvalue weighted by Crippen LogP contribution is -2.30. The summed E-state index contributed by atoms with van der Waals surface area (Å²) in [6, 6.07) is 0. The monoisotopic (exact) mass is 158 g/mol. The van der Waals surface area contributed by atoms with E-state index in [1.54, 1.807) is 0 Å². The molecule has 1 aliphatic rings. The van der Waals surface area contributed by atoms with E-state index in [0.717, 1.165) is 12.8 Å². The van der Waals surface area contributed by atoms with Gasteiger partial charge in [-0.15, -0.1) is 0 Å². The van der Waals surface area contributed by atoms with Gasteiger partial charge in [-0.05, 0) is 19.8 Å². The van der Waals surface area contributed by atoms with Gasteiger partial charge in [0.05, 0.1) is 12.7 Å². The molecule has 64 valence electrons. The predicted octanol–water partition coefficient (Wildman–Crippen LogP) is 1.12. The van der Waals surface area contributed by atoms with E-state index in [1.807, 2.05) is 6.92 Å². The van der Waals surface area contributed by atoms with Crippen LogP contribution in [0.15, 0.2) is 0 Å². The zero-order chi connectivity index (χ0) is 8.27. The molecule has 0 bridgehead atoms. The largest absolute Gasteiger partial charge is 0.460 e. The molecule has 0 aromatic heterocycles. The third-order valence-electron chi connectivity index (χ3n) is 1.79. The van der Waals surface area contributed by atoms with Crippen LogP contribution in [-0.2, 0) is 14.3 Å². The maximum atomic E-state index is 10.5. The third kappa shape index (κ3) is 2.89. The molecule has 3 nitrogen and oxygen atoms in total. The lowest BCUT2D eigenvalue weighted by atomic mass is 10.1. The molecule has 1 unspecified atom stereocenters. The van der Waals surface area contributed by atoms with Gasteiger partial charge in [0.25, 0.3) is 0 Å². The summed E-state index contributed by atoms with van der Waals surface area (Å²) in [5.41, 5.74) is 0. The van der Waals surface area contributed by atoms with Crippen LogP contribution in [0.2, 0.25) is 0 Å². The molecule has 2 atom stereocenters. The van der Waals surface area contributed by atoms with Crippen LogP contribution in [0.1, 0.15) is 26.7 Å². The number of carbonyl (C=O) groups excluding carboxylic acids is 1. The van der Waals surface area contributed by atoms with Gasteiger partial charge in [0.15, 0.2) is 0 Å². The van der Waals surface area contributed by atoms with E-state index in [9.17, 15) is 4.79 Å². The maximum Gasteiger partial charge on any atom is 0.302 e. The van der Waals surface area contributed by atoms with E-state index in [2.05, 4.69) is 0 Å². The van der Waals surface area contributed by atoms with Gasteiger partial charge < -0.3 is 9.47 Å². The second-order valence-corrected chi connectivity index (χ2v) is 2.95. The summed E-state index contributed by atoms with van der Waals surface area (Å²) in [5, 5.41) is 0. The summed E-state index contributed by atoms with van der Waals surface area (Å²) < 4.78 is 10.3. The Kier molecular flexibility index (Phi) is 2.88. The molecular formula is C8H14O3. The molecule has 0 radical (unpaired) electrons. The first-order valence-corrected chi connectivity index (χ1v) is 3.97. The number of hydrogen-bond acceptors (Lipinski definition) is 3. The molecule has 3 heteroatoms. The van der Waals surface area contributed by atoms with Gasteiger partial charge in [-0.1, -0.05) is 0 Å². The van der Waals surface area contributed by atoms with Crippen molar-refractivity contribution in [2.45, 2.75) is 38.9 Å². The molecule has 0 amide bonds. The Morgan fingerprint density at radius 2 is 2.27 bits per heavy atom. The van der Waals surface area contributed by atoms with Crippen molar-refractivity contribution in [1.29, 1.82) is 0 Å². The van der Waals surface area contributed by atoms with Gasteiger partial charge in [0, 0.05) is 6.92 Å². The number of carbonyl (C=O) groups is 1. The first kappa shape index (κ1) is 8.53. The minimum Gasteiger partial charge on any atom is -0.460 e. The molecular weight excluding hydrogens is 144 g/mol. The van der Waals surface area contributed by atoms with Crippen LogP contribution < -0.4 is 0 Å². The molecule has 0 saturated carbocycles. The second-order valence-electron chi connectivity index (χ2n) is 2.95. The minimum absolute atomic E-state index is 0.0105. The van der Waals surface area contributed by atoms with Crippen LogP contribution in [0.5, 0.6) is 0 Å². The Balaban J connectivity index is 2.22. The first-order valence-electron chi connectivity index (χ1n) is 3.97. The molecule has 0 aliphatic carbocycles. The van der Waals surface area contributed by atoms with Crippen molar-refractivity contribution in [3.8, 4) is 0 Å². The maximum absolute atomic E-state index is 10.5. The Hall–Kier alpha value is -0.570. The number of hydrogen-bond donors (Lipinski definition) is 0. The Labute approximate surface area is 66.7 Å². The van der Waals surface area contributed by atoms with Crippen molar-refractivity contribution in [2.75, 3.05) is 6.61 Å². The van der Waals surface area contributed by atoms with Gasteiger partial charge in [-0.25, -0.2) is 0 Å². The summed E-state index contributed by atoms with van der Waals surface area (Å²) >= 11 is 0. The quantitative estimate of drug-likeness (QED) is 0.536. The zero-order valence-corrected chi connectivity index (χ0v) is 7.00. The zero-order valence-electron chi connectivity index (χ0n) is 7.00. The lowest BCUT2D eigenvalue weighted by molar-refractivity contribution is -0.155. The highest BCUT2D eigenvalue weighted by Crippen LogP contribution is 2.15. The third-order valence-corrected chi connectivity index (χ3v) is 1.79. The van der Waals surface area contributed by atoms with E-state index in [-0.39, 0.29) is 12.1 Å². The second kappa shape index (κ2) is 3.72. The fraction of sp³-hybridized carbons (Fsp3) is 0.875. The van der Waals surface area contributed by atoms with Crippen molar-refractivity contribution < 1.29 is 14.3 Å². The standard InChI is InChI=1S/C8H14O3/c1-6-3-4-8(5-10-6)11-7(2)9/h6,8H,3-5H2,1-2H3/t6-,8?/m1/s1. The summed E-state index contributed by atoms with van der Waals surface area (Å²) in [5.74, 6) is -0.215. The molecule has 0 aromatic rings. The topological polar surface area (TPSA) is 35.5 Å². The predicted molar refractivity (Wildman–Crippen MR) is 40.2 cm³/mol. The smallest absolute Gasteiger partial charge is 0.302 e. The summed E-state index contributed by atoms with van der Waals surface area (Å²) in [4.78, 5) is 10.5. The summed E-state index contributed by atoms with van der Waals surface area (Å²) in [6.07, 6.45) is 2.23. The number of rotatable bonds is 1. The van der Waals surface area contributed by atoms with Crippen molar-refractivity contribution >= 4 is 5.97 Å². The SMILES string of the molecule is CC(=O)OC1CC[C@@H](C)OC1. The highest BCUT2D eigenvalue weighted by atomic mass is 16.6. The van der Waals surface area contributed by atoms with Crippen LogP contribution in [0.25, 0.3) is 0 Å². The van der Waals surface area contributed by atoms with E-state index < -0.39 is 0 Å². The van der Waals surface area contributed by atoms with Gasteiger partial charge in [-0.3, -0.25) is 4.79 Å². The fourth-order valence-electron chi connectivity index (χ4n) is 1.19. The van der Waals surface area contributed by atoms with Crippen molar-refractivity contribution in [2.24, 2.45) is 0 Å². The molecule has 1 fully saturated rings. The number of esters is 1. The average Bonchev–Trinajstić information content (AvgIpc) is 1.93. The van der Waals surface area contributed by atoms with Crippen molar-refractivity contribution in [1.82, 2.24) is 0 Å². The van der Waals surface area contributed by atoms with Crippen LogP contribution >= 0.6 is 0 Å². The van der Waals surface area contributed by atoms with E-state index >= 15 is 0 Å². The van der Waals surface area contributed by atoms with E-state index in [0.29, 0.717) is 12.7 Å². The van der Waals surface area contributed by atoms with E-state index in [4.69, 9.17) is 9.47 Å². The van der Waals surface area contributed by atoms with Crippen LogP contribution in [0.3, 0.4) is 0 Å². The summed E-state index contributed by atoms with van der Waals surface area (Å²) in [7, 11) is 0. The molecule has 1 heterocycles. The summed E-state index contributed by atoms with van der Waals surface area (Å²) in [6.45, 7) is 4.02. The minimum atomic E-state index is -0.215. The van der Waals surface area contributed by atoms with Crippen LogP contribution in [0, 0.1) is 0 Å². The average molecular weight is 158 g/mol. The van der Waals surface area contributed by atoms with Gasteiger partial charge in [-0.2, -0.15) is 0 Å². The highest BCUT2D eigenvalue weighted by Gasteiger charge is 2.20.